The van der Waals surface area contributed by atoms with E-state index in [0.29, 0.717) is 10.6 Å². The summed E-state index contributed by atoms with van der Waals surface area (Å²) in [5.41, 5.74) is 8.24. The third kappa shape index (κ3) is 5.15. The Morgan fingerprint density at radius 2 is 1.54 bits per heavy atom. The van der Waals surface area contributed by atoms with Crippen LogP contribution in [0.1, 0.15) is 32.6 Å². The molecule has 28 heavy (non-hydrogen) atoms. The second kappa shape index (κ2) is 9.11. The van der Waals surface area contributed by atoms with Crippen LogP contribution in [0.15, 0.2) is 76.8 Å². The lowest BCUT2D eigenvalue weighted by Gasteiger charge is -2.03. The van der Waals surface area contributed by atoms with E-state index in [4.69, 9.17) is 11.6 Å². The summed E-state index contributed by atoms with van der Waals surface area (Å²) in [6, 6.07) is 20.5. The highest BCUT2D eigenvalue weighted by Crippen LogP contribution is 2.21. The Labute approximate surface area is 169 Å². The lowest BCUT2D eigenvalue weighted by Crippen LogP contribution is -2.17. The molecule has 0 saturated heterocycles. The van der Waals surface area contributed by atoms with Crippen LogP contribution in [0.25, 0.3) is 0 Å². The van der Waals surface area contributed by atoms with E-state index >= 15 is 0 Å². The summed E-state index contributed by atoms with van der Waals surface area (Å²) >= 11 is 5.81. The molecule has 3 aromatic carbocycles. The molecule has 0 bridgehead atoms. The first-order valence-electron chi connectivity index (χ1n) is 8.82. The van der Waals surface area contributed by atoms with Gasteiger partial charge in [0.25, 0.3) is 5.91 Å². The van der Waals surface area contributed by atoms with Crippen LogP contribution in [0.2, 0.25) is 5.02 Å². The van der Waals surface area contributed by atoms with Crippen LogP contribution in [0.5, 0.6) is 0 Å². The minimum atomic E-state index is -0.287. The number of carbonyl (C=O) groups excluding carboxylic acids is 1. The first kappa shape index (κ1) is 19.5. The number of halogens is 1. The fraction of sp³-hybridized carbons (Fsp3) is 0.0870. The minimum absolute atomic E-state index is 0.287. The van der Waals surface area contributed by atoms with Crippen LogP contribution in [0.4, 0.5) is 5.69 Å². The Morgan fingerprint density at radius 3 is 2.21 bits per heavy atom. The highest BCUT2D eigenvalue weighted by Gasteiger charge is 2.03. The molecule has 1 N–H and O–H groups in total. The van der Waals surface area contributed by atoms with Crippen molar-refractivity contribution in [1.82, 2.24) is 5.43 Å². The molecule has 3 rings (SSSR count). The fourth-order valence-corrected chi connectivity index (χ4v) is 2.64. The van der Waals surface area contributed by atoms with Gasteiger partial charge in [0.15, 0.2) is 0 Å². The van der Waals surface area contributed by atoms with Gasteiger partial charge in [-0.3, -0.25) is 9.79 Å². The number of carbonyl (C=O) groups is 1. The number of benzene rings is 3. The van der Waals surface area contributed by atoms with Crippen LogP contribution in [0.3, 0.4) is 0 Å². The maximum atomic E-state index is 12.0. The van der Waals surface area contributed by atoms with E-state index in [0.717, 1.165) is 16.8 Å². The van der Waals surface area contributed by atoms with Crippen molar-refractivity contribution >= 4 is 35.6 Å². The number of nitrogens with one attached hydrogen (secondary N) is 1. The molecule has 0 aromatic heterocycles. The molecule has 0 saturated carbocycles. The Hall–Kier alpha value is -3.24. The van der Waals surface area contributed by atoms with Crippen LogP contribution in [-0.4, -0.2) is 18.3 Å². The number of hydrogen-bond acceptors (Lipinski definition) is 3. The summed E-state index contributed by atoms with van der Waals surface area (Å²) in [6.45, 7) is 4.15. The Balaban J connectivity index is 1.60. The summed E-state index contributed by atoms with van der Waals surface area (Å²) in [5, 5.41) is 4.58. The van der Waals surface area contributed by atoms with Gasteiger partial charge < -0.3 is 0 Å². The summed E-state index contributed by atoms with van der Waals surface area (Å²) in [6.07, 6.45) is 3.43. The van der Waals surface area contributed by atoms with Gasteiger partial charge >= 0.3 is 0 Å². The first-order chi connectivity index (χ1) is 13.5. The van der Waals surface area contributed by atoms with Crippen LogP contribution < -0.4 is 5.43 Å². The number of nitrogens with zero attached hydrogens (tertiary/aromatic N) is 2. The molecular formula is C23H20ClN3O. The first-order valence-corrected chi connectivity index (χ1v) is 9.20. The Bertz CT molecular complexity index is 1020. The number of amides is 1. The van der Waals surface area contributed by atoms with E-state index < -0.39 is 0 Å². The zero-order valence-electron chi connectivity index (χ0n) is 15.7. The zero-order chi connectivity index (χ0) is 19.9. The molecule has 4 nitrogen and oxygen atoms in total. The predicted molar refractivity (Wildman–Crippen MR) is 116 cm³/mol. The van der Waals surface area contributed by atoms with Crippen molar-refractivity contribution in [3.05, 3.63) is 99.6 Å². The number of aryl methyl sites for hydroxylation is 1. The van der Waals surface area contributed by atoms with Crippen LogP contribution >= 0.6 is 11.6 Å². The van der Waals surface area contributed by atoms with Gasteiger partial charge in [-0.05, 0) is 66.4 Å². The molecular weight excluding hydrogens is 370 g/mol. The molecule has 0 aliphatic rings. The maximum Gasteiger partial charge on any atom is 0.271 e. The molecule has 0 unspecified atom stereocenters. The lowest BCUT2D eigenvalue weighted by molar-refractivity contribution is 0.0955. The molecule has 0 spiro atoms. The zero-order valence-corrected chi connectivity index (χ0v) is 16.4. The van der Waals surface area contributed by atoms with Gasteiger partial charge in [0.1, 0.15) is 0 Å². The molecule has 0 radical (unpaired) electrons. The summed E-state index contributed by atoms with van der Waals surface area (Å²) < 4.78 is 0. The van der Waals surface area contributed by atoms with Gasteiger partial charge in [0.05, 0.1) is 11.9 Å². The van der Waals surface area contributed by atoms with Gasteiger partial charge in [0, 0.05) is 16.8 Å². The third-order valence-corrected chi connectivity index (χ3v) is 4.60. The number of hydrazone groups is 1. The SMILES string of the molecule is Cc1cccc(N=Cc2ccc(/C=N/NC(=O)c3ccc(Cl)cc3)cc2)c1C. The van der Waals surface area contributed by atoms with Crippen molar-refractivity contribution in [3.8, 4) is 0 Å². The highest BCUT2D eigenvalue weighted by molar-refractivity contribution is 6.30. The number of rotatable bonds is 5. The normalized spacial score (nSPS) is 11.2. The fourth-order valence-electron chi connectivity index (χ4n) is 2.52. The molecule has 3 aromatic rings. The van der Waals surface area contributed by atoms with Crippen molar-refractivity contribution in [3.63, 3.8) is 0 Å². The average molecular weight is 390 g/mol. The minimum Gasteiger partial charge on any atom is -0.267 e. The average Bonchev–Trinajstić information content (AvgIpc) is 2.70. The number of hydrogen-bond donors (Lipinski definition) is 1. The van der Waals surface area contributed by atoms with Crippen LogP contribution in [0, 0.1) is 13.8 Å². The van der Waals surface area contributed by atoms with E-state index in [1.54, 1.807) is 30.5 Å². The monoisotopic (exact) mass is 389 g/mol. The molecule has 0 fully saturated rings. The second-order valence-corrected chi connectivity index (χ2v) is 6.79. The van der Waals surface area contributed by atoms with E-state index in [-0.39, 0.29) is 5.91 Å². The molecule has 0 aliphatic heterocycles. The largest absolute Gasteiger partial charge is 0.271 e. The van der Waals surface area contributed by atoms with Gasteiger partial charge in [-0.15, -0.1) is 0 Å². The Kier molecular flexibility index (Phi) is 6.35. The van der Waals surface area contributed by atoms with E-state index in [1.165, 1.54) is 11.1 Å². The summed E-state index contributed by atoms with van der Waals surface area (Å²) in [5.74, 6) is -0.287. The van der Waals surface area contributed by atoms with Crippen LogP contribution in [-0.2, 0) is 0 Å². The van der Waals surface area contributed by atoms with Gasteiger partial charge in [-0.25, -0.2) is 5.43 Å². The quantitative estimate of drug-likeness (QED) is 0.456. The van der Waals surface area contributed by atoms with Crippen molar-refractivity contribution in [2.75, 3.05) is 0 Å². The molecule has 0 heterocycles. The molecule has 5 heteroatoms. The van der Waals surface area contributed by atoms with E-state index in [2.05, 4.69) is 35.4 Å². The number of aliphatic imine (C=N–C) groups is 1. The maximum absolute atomic E-state index is 12.0. The third-order valence-electron chi connectivity index (χ3n) is 4.35. The standard InChI is InChI=1S/C23H20ClN3O/c1-16-4-3-5-22(17(16)2)25-14-18-6-8-19(9-7-18)15-26-27-23(28)20-10-12-21(24)13-11-20/h3-15H,1-2H3,(H,27,28)/b25-14?,26-15+. The van der Waals surface area contributed by atoms with Gasteiger partial charge in [-0.2, -0.15) is 5.10 Å². The van der Waals surface area contributed by atoms with E-state index in [1.807, 2.05) is 42.6 Å². The molecule has 1 amide bonds. The second-order valence-electron chi connectivity index (χ2n) is 6.35. The van der Waals surface area contributed by atoms with Crippen molar-refractivity contribution in [1.29, 1.82) is 0 Å². The molecule has 140 valence electrons. The smallest absolute Gasteiger partial charge is 0.267 e. The van der Waals surface area contributed by atoms with Crippen molar-refractivity contribution in [2.45, 2.75) is 13.8 Å². The molecule has 0 atom stereocenters. The van der Waals surface area contributed by atoms with Gasteiger partial charge in [-0.1, -0.05) is 48.0 Å². The lowest BCUT2D eigenvalue weighted by atomic mass is 10.1. The van der Waals surface area contributed by atoms with Gasteiger partial charge in [0.2, 0.25) is 0 Å². The molecule has 0 aliphatic carbocycles. The van der Waals surface area contributed by atoms with Crippen molar-refractivity contribution in [2.24, 2.45) is 10.1 Å². The Morgan fingerprint density at radius 1 is 0.893 bits per heavy atom. The summed E-state index contributed by atoms with van der Waals surface area (Å²) in [7, 11) is 0. The summed E-state index contributed by atoms with van der Waals surface area (Å²) in [4.78, 5) is 16.6. The van der Waals surface area contributed by atoms with E-state index in [9.17, 15) is 4.79 Å². The predicted octanol–water partition coefficient (Wildman–Crippen LogP) is 5.47. The van der Waals surface area contributed by atoms with Crippen molar-refractivity contribution < 1.29 is 4.79 Å². The highest BCUT2D eigenvalue weighted by atomic mass is 35.5. The topological polar surface area (TPSA) is 53.8 Å².